The quantitative estimate of drug-likeness (QED) is 0.797. The van der Waals surface area contributed by atoms with E-state index in [2.05, 4.69) is 30.7 Å². The zero-order valence-electron chi connectivity index (χ0n) is 10.8. The highest BCUT2D eigenvalue weighted by Crippen LogP contribution is 2.23. The SMILES string of the molecule is Cn1cnc(CNS(=O)(=O)c2cc(C(=O)O)ccc2Br)n1. The molecule has 2 N–H and O–H groups in total. The largest absolute Gasteiger partial charge is 0.478 e. The number of rotatable bonds is 5. The summed E-state index contributed by atoms with van der Waals surface area (Å²) < 4.78 is 28.5. The second-order valence-electron chi connectivity index (χ2n) is 4.11. The molecule has 0 atom stereocenters. The van der Waals surface area contributed by atoms with E-state index in [1.54, 1.807) is 7.05 Å². The first kappa shape index (κ1) is 15.6. The zero-order valence-corrected chi connectivity index (χ0v) is 13.2. The Bertz CT molecular complexity index is 787. The average Bonchev–Trinajstić information content (AvgIpc) is 2.82. The molecule has 0 bridgehead atoms. The Hall–Kier alpha value is -1.78. The fourth-order valence-electron chi connectivity index (χ4n) is 1.54. The molecule has 1 aromatic carbocycles. The van der Waals surface area contributed by atoms with Crippen LogP contribution in [0.3, 0.4) is 0 Å². The van der Waals surface area contributed by atoms with E-state index >= 15 is 0 Å². The molecule has 0 unspecified atom stereocenters. The highest BCUT2D eigenvalue weighted by molar-refractivity contribution is 9.10. The van der Waals surface area contributed by atoms with Crippen molar-refractivity contribution in [2.75, 3.05) is 0 Å². The van der Waals surface area contributed by atoms with Gasteiger partial charge in [0.2, 0.25) is 10.0 Å². The normalized spacial score (nSPS) is 11.5. The first-order chi connectivity index (χ1) is 9.79. The van der Waals surface area contributed by atoms with Crippen molar-refractivity contribution in [2.24, 2.45) is 7.05 Å². The number of nitrogens with zero attached hydrogens (tertiary/aromatic N) is 3. The number of benzene rings is 1. The van der Waals surface area contributed by atoms with E-state index in [0.29, 0.717) is 5.82 Å². The maximum Gasteiger partial charge on any atom is 0.335 e. The van der Waals surface area contributed by atoms with Gasteiger partial charge in [-0.15, -0.1) is 0 Å². The van der Waals surface area contributed by atoms with Crippen LogP contribution in [0.2, 0.25) is 0 Å². The maximum absolute atomic E-state index is 12.2. The summed E-state index contributed by atoms with van der Waals surface area (Å²) in [4.78, 5) is 14.7. The molecular formula is C11H11BrN4O4S. The number of aryl methyl sites for hydroxylation is 1. The van der Waals surface area contributed by atoms with Gasteiger partial charge in [-0.05, 0) is 34.1 Å². The summed E-state index contributed by atoms with van der Waals surface area (Å²) >= 11 is 3.10. The lowest BCUT2D eigenvalue weighted by Gasteiger charge is -2.08. The van der Waals surface area contributed by atoms with Crippen molar-refractivity contribution in [3.05, 3.63) is 40.4 Å². The third-order valence-electron chi connectivity index (χ3n) is 2.54. The summed E-state index contributed by atoms with van der Waals surface area (Å²) in [6.45, 7) is -0.0904. The highest BCUT2D eigenvalue weighted by Gasteiger charge is 2.20. The predicted molar refractivity (Wildman–Crippen MR) is 76.1 cm³/mol. The lowest BCUT2D eigenvalue weighted by atomic mass is 10.2. The molecule has 0 fully saturated rings. The van der Waals surface area contributed by atoms with Crippen LogP contribution in [0.15, 0.2) is 33.9 Å². The minimum atomic E-state index is -3.89. The smallest absolute Gasteiger partial charge is 0.335 e. The van der Waals surface area contributed by atoms with Gasteiger partial charge in [0, 0.05) is 11.5 Å². The first-order valence-corrected chi connectivity index (χ1v) is 7.94. The number of halogens is 1. The van der Waals surface area contributed by atoms with Crippen molar-refractivity contribution in [1.82, 2.24) is 19.5 Å². The van der Waals surface area contributed by atoms with Crippen LogP contribution in [0.25, 0.3) is 0 Å². The summed E-state index contributed by atoms with van der Waals surface area (Å²) in [5.74, 6) is -0.892. The van der Waals surface area contributed by atoms with Gasteiger partial charge >= 0.3 is 5.97 Å². The Morgan fingerprint density at radius 2 is 2.19 bits per heavy atom. The molecule has 2 rings (SSSR count). The van der Waals surface area contributed by atoms with E-state index < -0.39 is 16.0 Å². The van der Waals surface area contributed by atoms with Crippen LogP contribution in [0.1, 0.15) is 16.2 Å². The molecule has 0 aliphatic heterocycles. The van der Waals surface area contributed by atoms with E-state index in [1.165, 1.54) is 23.1 Å². The first-order valence-electron chi connectivity index (χ1n) is 5.66. The number of hydrogen-bond donors (Lipinski definition) is 2. The Labute approximate surface area is 129 Å². The molecule has 1 aromatic heterocycles. The molecule has 1 heterocycles. The van der Waals surface area contributed by atoms with Crippen LogP contribution in [-0.2, 0) is 23.6 Å². The molecule has 0 amide bonds. The summed E-state index contributed by atoms with van der Waals surface area (Å²) in [7, 11) is -2.22. The lowest BCUT2D eigenvalue weighted by Crippen LogP contribution is -2.24. The van der Waals surface area contributed by atoms with Crippen LogP contribution in [-0.4, -0.2) is 34.3 Å². The van der Waals surface area contributed by atoms with Gasteiger partial charge in [0.15, 0.2) is 5.82 Å². The molecule has 112 valence electrons. The molecule has 10 heteroatoms. The monoisotopic (exact) mass is 374 g/mol. The van der Waals surface area contributed by atoms with E-state index in [0.717, 1.165) is 6.07 Å². The number of carboxylic acid groups (broad SMARTS) is 1. The lowest BCUT2D eigenvalue weighted by molar-refractivity contribution is 0.0696. The number of sulfonamides is 1. The molecule has 0 aliphatic rings. The van der Waals surface area contributed by atoms with Crippen LogP contribution in [0.4, 0.5) is 0 Å². The molecule has 0 radical (unpaired) electrons. The van der Waals surface area contributed by atoms with E-state index in [1.807, 2.05) is 0 Å². The number of aromatic nitrogens is 3. The zero-order chi connectivity index (χ0) is 15.6. The fourth-order valence-corrected chi connectivity index (χ4v) is 3.51. The second-order valence-corrected chi connectivity index (χ2v) is 6.70. The van der Waals surface area contributed by atoms with Gasteiger partial charge in [0.1, 0.15) is 6.33 Å². The molecule has 2 aromatic rings. The van der Waals surface area contributed by atoms with E-state index in [-0.39, 0.29) is 21.5 Å². The number of nitrogens with one attached hydrogen (secondary N) is 1. The highest BCUT2D eigenvalue weighted by atomic mass is 79.9. The molecule has 21 heavy (non-hydrogen) atoms. The topological polar surface area (TPSA) is 114 Å². The molecular weight excluding hydrogens is 364 g/mol. The van der Waals surface area contributed by atoms with E-state index in [4.69, 9.17) is 5.11 Å². The Kier molecular flexibility index (Phi) is 4.40. The minimum Gasteiger partial charge on any atom is -0.478 e. The Balaban J connectivity index is 2.26. The van der Waals surface area contributed by atoms with Crippen molar-refractivity contribution in [3.63, 3.8) is 0 Å². The third-order valence-corrected chi connectivity index (χ3v) is 4.93. The van der Waals surface area contributed by atoms with E-state index in [9.17, 15) is 13.2 Å². The van der Waals surface area contributed by atoms with Crippen LogP contribution in [0.5, 0.6) is 0 Å². The van der Waals surface area contributed by atoms with Crippen molar-refractivity contribution in [1.29, 1.82) is 0 Å². The fraction of sp³-hybridized carbons (Fsp3) is 0.182. The Morgan fingerprint density at radius 3 is 2.76 bits per heavy atom. The van der Waals surface area contributed by atoms with Crippen LogP contribution < -0.4 is 4.72 Å². The van der Waals surface area contributed by atoms with Crippen LogP contribution in [0, 0.1) is 0 Å². The van der Waals surface area contributed by atoms with Gasteiger partial charge in [-0.1, -0.05) is 0 Å². The number of carboxylic acids is 1. The average molecular weight is 375 g/mol. The molecule has 8 nitrogen and oxygen atoms in total. The summed E-state index contributed by atoms with van der Waals surface area (Å²) in [5, 5.41) is 12.9. The summed E-state index contributed by atoms with van der Waals surface area (Å²) in [6, 6.07) is 3.77. The standard InChI is InChI=1S/C11H11BrN4O4S/c1-16-6-13-10(15-16)5-14-21(19,20)9-4-7(11(17)18)2-3-8(9)12/h2-4,6,14H,5H2,1H3,(H,17,18). The molecule has 0 saturated heterocycles. The summed E-state index contributed by atoms with van der Waals surface area (Å²) in [5.41, 5.74) is -0.116. The van der Waals surface area contributed by atoms with Crippen molar-refractivity contribution in [3.8, 4) is 0 Å². The summed E-state index contributed by atoms with van der Waals surface area (Å²) in [6.07, 6.45) is 1.45. The Morgan fingerprint density at radius 1 is 1.48 bits per heavy atom. The van der Waals surface area contributed by atoms with Gasteiger partial charge < -0.3 is 5.11 Å². The van der Waals surface area contributed by atoms with Gasteiger partial charge in [0.25, 0.3) is 0 Å². The van der Waals surface area contributed by atoms with Crippen molar-refractivity contribution < 1.29 is 18.3 Å². The minimum absolute atomic E-state index is 0.0904. The van der Waals surface area contributed by atoms with Gasteiger partial charge in [-0.3, -0.25) is 4.68 Å². The van der Waals surface area contributed by atoms with Crippen molar-refractivity contribution in [2.45, 2.75) is 11.4 Å². The predicted octanol–water partition coefficient (Wildman–Crippen LogP) is 0.754. The van der Waals surface area contributed by atoms with Crippen LogP contribution >= 0.6 is 15.9 Å². The van der Waals surface area contributed by atoms with Gasteiger partial charge in [-0.25, -0.2) is 22.9 Å². The molecule has 0 saturated carbocycles. The molecule has 0 spiro atoms. The van der Waals surface area contributed by atoms with Gasteiger partial charge in [-0.2, -0.15) is 5.10 Å². The number of carbonyl (C=O) groups is 1. The molecule has 0 aliphatic carbocycles. The number of aromatic carboxylic acids is 1. The van der Waals surface area contributed by atoms with Crippen molar-refractivity contribution >= 4 is 31.9 Å². The number of hydrogen-bond acceptors (Lipinski definition) is 5. The third kappa shape index (κ3) is 3.65. The second kappa shape index (κ2) is 5.92. The maximum atomic E-state index is 12.2. The van der Waals surface area contributed by atoms with Gasteiger partial charge in [0.05, 0.1) is 17.0 Å².